The Balaban J connectivity index is 1.08. The van der Waals surface area contributed by atoms with Gasteiger partial charge >= 0.3 is 0 Å². The predicted molar refractivity (Wildman–Crippen MR) is 249 cm³/mol. The van der Waals surface area contributed by atoms with Crippen LogP contribution < -0.4 is 0 Å². The highest BCUT2D eigenvalue weighted by molar-refractivity contribution is 6.23. The molecule has 1 aliphatic carbocycles. The van der Waals surface area contributed by atoms with E-state index < -0.39 is 0 Å². The molecule has 8 aromatic carbocycles. The topological polar surface area (TPSA) is 61.7 Å². The lowest BCUT2D eigenvalue weighted by molar-refractivity contribution is 0.666. The standard InChI is InChI=1S/C55H35N5O/c1-4-17-34(18-5-1)53-56-54(35-19-6-2-7-20-35)58-55(57-53)44-32-50-51(40-26-11-10-23-37(40)44)41-27-16-30-47(52(41)61-50)60-46-29-15-13-25-39(46)43-31-42-38-24-12-14-28-45(38)59(48(42)33-49(43)60)36-21-8-3-9-22-36/h1-12,14-24,26-33H,13,25H2. The molecule has 4 aromatic heterocycles. The molecule has 0 radical (unpaired) electrons. The van der Waals surface area contributed by atoms with Crippen molar-refractivity contribution >= 4 is 71.5 Å². The Kier molecular flexibility index (Phi) is 7.33. The summed E-state index contributed by atoms with van der Waals surface area (Å²) in [5, 5.41) is 8.06. The molecule has 1 aliphatic rings. The lowest BCUT2D eigenvalue weighted by atomic mass is 9.98. The molecular weight excluding hydrogens is 747 g/mol. The van der Waals surface area contributed by atoms with Crippen LogP contribution in [0.15, 0.2) is 186 Å². The number of allylic oxidation sites excluding steroid dienone is 1. The Morgan fingerprint density at radius 1 is 0.459 bits per heavy atom. The van der Waals surface area contributed by atoms with Gasteiger partial charge in [-0.05, 0) is 77.7 Å². The molecule has 0 saturated carbocycles. The minimum absolute atomic E-state index is 0.597. The highest BCUT2D eigenvalue weighted by Gasteiger charge is 2.25. The number of rotatable bonds is 5. The lowest BCUT2D eigenvalue weighted by Crippen LogP contribution is -2.00. The third kappa shape index (κ3) is 5.12. The van der Waals surface area contributed by atoms with E-state index in [1.165, 1.54) is 38.4 Å². The zero-order chi connectivity index (χ0) is 40.0. The molecule has 6 heteroatoms. The molecule has 0 N–H and O–H groups in total. The first-order valence-corrected chi connectivity index (χ1v) is 20.8. The van der Waals surface area contributed by atoms with E-state index in [0.717, 1.165) is 79.1 Å². The summed E-state index contributed by atoms with van der Waals surface area (Å²) in [7, 11) is 0. The van der Waals surface area contributed by atoms with E-state index in [-0.39, 0.29) is 0 Å². The molecule has 0 aliphatic heterocycles. The van der Waals surface area contributed by atoms with Crippen molar-refractivity contribution in [3.63, 3.8) is 0 Å². The van der Waals surface area contributed by atoms with Crippen LogP contribution in [-0.2, 0) is 6.42 Å². The Morgan fingerprint density at radius 3 is 1.84 bits per heavy atom. The fourth-order valence-electron chi connectivity index (χ4n) is 9.75. The summed E-state index contributed by atoms with van der Waals surface area (Å²) >= 11 is 0. The molecule has 4 heterocycles. The van der Waals surface area contributed by atoms with E-state index >= 15 is 0 Å². The molecule has 286 valence electrons. The predicted octanol–water partition coefficient (Wildman–Crippen LogP) is 13.9. The van der Waals surface area contributed by atoms with Gasteiger partial charge in [-0.1, -0.05) is 140 Å². The third-order valence-corrected chi connectivity index (χ3v) is 12.4. The smallest absolute Gasteiger partial charge is 0.164 e. The number of benzene rings is 8. The normalized spacial score (nSPS) is 12.7. The first kappa shape index (κ1) is 33.8. The molecule has 0 unspecified atom stereocenters. The van der Waals surface area contributed by atoms with Gasteiger partial charge in [0, 0.05) is 55.0 Å². The molecular formula is C55H35N5O. The monoisotopic (exact) mass is 781 g/mol. The molecule has 13 rings (SSSR count). The van der Waals surface area contributed by atoms with E-state index in [9.17, 15) is 0 Å². The summed E-state index contributed by atoms with van der Waals surface area (Å²) in [6, 6.07) is 61.8. The maximum Gasteiger partial charge on any atom is 0.164 e. The van der Waals surface area contributed by atoms with Gasteiger partial charge in [0.15, 0.2) is 23.1 Å². The van der Waals surface area contributed by atoms with Crippen LogP contribution in [0.4, 0.5) is 0 Å². The van der Waals surface area contributed by atoms with E-state index in [2.05, 4.69) is 137 Å². The minimum atomic E-state index is 0.597. The number of furan rings is 1. The third-order valence-electron chi connectivity index (χ3n) is 12.4. The second-order valence-corrected chi connectivity index (χ2v) is 15.9. The highest BCUT2D eigenvalue weighted by atomic mass is 16.3. The van der Waals surface area contributed by atoms with E-state index in [1.54, 1.807) is 0 Å². The fourth-order valence-corrected chi connectivity index (χ4v) is 9.75. The molecule has 0 fully saturated rings. The number of fused-ring (bicyclic) bond motifs is 11. The van der Waals surface area contributed by atoms with Crippen molar-refractivity contribution in [3.05, 3.63) is 193 Å². The van der Waals surface area contributed by atoms with Crippen LogP contribution in [0.2, 0.25) is 0 Å². The molecule has 0 bridgehead atoms. The van der Waals surface area contributed by atoms with Crippen LogP contribution in [0.25, 0.3) is 117 Å². The number of aromatic nitrogens is 5. The summed E-state index contributed by atoms with van der Waals surface area (Å²) < 4.78 is 12.0. The Hall–Kier alpha value is -8.09. The Bertz CT molecular complexity index is 3690. The summed E-state index contributed by atoms with van der Waals surface area (Å²) in [5.41, 5.74) is 12.6. The van der Waals surface area contributed by atoms with Crippen LogP contribution in [0, 0.1) is 0 Å². The van der Waals surface area contributed by atoms with Crippen LogP contribution in [-0.4, -0.2) is 24.1 Å². The minimum Gasteiger partial charge on any atom is -0.454 e. The van der Waals surface area contributed by atoms with Gasteiger partial charge in [-0.25, -0.2) is 15.0 Å². The van der Waals surface area contributed by atoms with Gasteiger partial charge < -0.3 is 13.6 Å². The Morgan fingerprint density at radius 2 is 1.08 bits per heavy atom. The van der Waals surface area contributed by atoms with Crippen molar-refractivity contribution in [2.45, 2.75) is 12.8 Å². The van der Waals surface area contributed by atoms with Crippen LogP contribution in [0.3, 0.4) is 0 Å². The molecule has 0 spiro atoms. The quantitative estimate of drug-likeness (QED) is 0.174. The summed E-state index contributed by atoms with van der Waals surface area (Å²) in [6.45, 7) is 0. The largest absolute Gasteiger partial charge is 0.454 e. The van der Waals surface area contributed by atoms with Gasteiger partial charge in [-0.2, -0.15) is 0 Å². The Labute approximate surface area is 350 Å². The molecule has 0 saturated heterocycles. The molecule has 0 atom stereocenters. The van der Waals surface area contributed by atoms with Gasteiger partial charge in [0.2, 0.25) is 0 Å². The average molecular weight is 782 g/mol. The second kappa shape index (κ2) is 13.2. The van der Waals surface area contributed by atoms with Crippen molar-refractivity contribution < 1.29 is 4.42 Å². The number of hydrogen-bond acceptors (Lipinski definition) is 4. The number of aryl methyl sites for hydroxylation is 1. The van der Waals surface area contributed by atoms with Crippen molar-refractivity contribution in [2.75, 3.05) is 0 Å². The molecule has 12 aromatic rings. The molecule has 0 amide bonds. The maximum absolute atomic E-state index is 7.15. The molecule has 61 heavy (non-hydrogen) atoms. The number of hydrogen-bond donors (Lipinski definition) is 0. The van der Waals surface area contributed by atoms with E-state index in [0.29, 0.717) is 17.5 Å². The molecule has 6 nitrogen and oxygen atoms in total. The van der Waals surface area contributed by atoms with Crippen molar-refractivity contribution in [1.29, 1.82) is 0 Å². The summed E-state index contributed by atoms with van der Waals surface area (Å²) in [4.78, 5) is 15.3. The van der Waals surface area contributed by atoms with E-state index in [4.69, 9.17) is 19.4 Å². The van der Waals surface area contributed by atoms with Crippen LogP contribution >= 0.6 is 0 Å². The van der Waals surface area contributed by atoms with E-state index in [1.807, 2.05) is 60.7 Å². The van der Waals surface area contributed by atoms with Gasteiger partial charge in [0.25, 0.3) is 0 Å². The van der Waals surface area contributed by atoms with Crippen LogP contribution in [0.1, 0.15) is 17.7 Å². The SMILES string of the molecule is C1=Cc2c(c3cc4c5ccccc5n(-c5ccccc5)c4cc3n2-c2cccc3c2oc2cc(-c4nc(-c5ccccc5)nc(-c5ccccc5)n4)c4ccccc4c23)CC1. The first-order valence-electron chi connectivity index (χ1n) is 20.8. The van der Waals surface area contributed by atoms with Crippen LogP contribution in [0.5, 0.6) is 0 Å². The second-order valence-electron chi connectivity index (χ2n) is 15.9. The number of para-hydroxylation sites is 3. The van der Waals surface area contributed by atoms with Crippen molar-refractivity contribution in [3.8, 4) is 45.5 Å². The van der Waals surface area contributed by atoms with Gasteiger partial charge in [0.05, 0.1) is 22.2 Å². The maximum atomic E-state index is 7.15. The zero-order valence-electron chi connectivity index (χ0n) is 33.0. The van der Waals surface area contributed by atoms with Crippen molar-refractivity contribution in [2.24, 2.45) is 0 Å². The zero-order valence-corrected chi connectivity index (χ0v) is 33.0. The summed E-state index contributed by atoms with van der Waals surface area (Å²) in [6.07, 6.45) is 6.59. The van der Waals surface area contributed by atoms with Gasteiger partial charge in [-0.3, -0.25) is 0 Å². The highest BCUT2D eigenvalue weighted by Crippen LogP contribution is 2.45. The average Bonchev–Trinajstić information content (AvgIpc) is 3.99. The van der Waals surface area contributed by atoms with Crippen molar-refractivity contribution in [1.82, 2.24) is 24.1 Å². The van der Waals surface area contributed by atoms with Gasteiger partial charge in [0.1, 0.15) is 5.58 Å². The number of nitrogens with zero attached hydrogens (tertiary/aromatic N) is 5. The lowest BCUT2D eigenvalue weighted by Gasteiger charge is -2.13. The van der Waals surface area contributed by atoms with Gasteiger partial charge in [-0.15, -0.1) is 0 Å². The first-order chi connectivity index (χ1) is 30.3. The fraction of sp³-hybridized carbons (Fsp3) is 0.0364. The summed E-state index contributed by atoms with van der Waals surface area (Å²) in [5.74, 6) is 1.84.